The highest BCUT2D eigenvalue weighted by atomic mass is 35.5. The third kappa shape index (κ3) is 5.62. The van der Waals surface area contributed by atoms with Crippen LogP contribution < -0.4 is 10.1 Å². The van der Waals surface area contributed by atoms with Gasteiger partial charge in [0, 0.05) is 21.7 Å². The lowest BCUT2D eigenvalue weighted by Crippen LogP contribution is -2.24. The summed E-state index contributed by atoms with van der Waals surface area (Å²) in [5.41, 5.74) is 0.719. The zero-order chi connectivity index (χ0) is 17.4. The van der Waals surface area contributed by atoms with Crippen LogP contribution in [0.25, 0.3) is 0 Å². The van der Waals surface area contributed by atoms with Crippen LogP contribution in [-0.2, 0) is 4.79 Å². The summed E-state index contributed by atoms with van der Waals surface area (Å²) < 4.78 is 5.48. The quantitative estimate of drug-likeness (QED) is 0.504. The fraction of sp³-hybridized carbons (Fsp3) is 0.211. The topological polar surface area (TPSA) is 38.3 Å². The van der Waals surface area contributed by atoms with Gasteiger partial charge in [-0.05, 0) is 42.8 Å². The molecule has 0 saturated carbocycles. The standard InChI is InChI=1S/C19H20ClNO2S/c1-3-12-23-16-7-5-6-15(13-16)21-19(22)18(4-2)24-17-10-8-14(20)9-11-17/h3,5-11,13,18H,1,4,12H2,2H3,(H,21,22)/t18-/m1/s1. The Labute approximate surface area is 152 Å². The summed E-state index contributed by atoms with van der Waals surface area (Å²) in [7, 11) is 0. The number of ether oxygens (including phenoxy) is 1. The van der Waals surface area contributed by atoms with Gasteiger partial charge >= 0.3 is 0 Å². The molecule has 0 fully saturated rings. The van der Waals surface area contributed by atoms with Gasteiger partial charge in [-0.15, -0.1) is 11.8 Å². The summed E-state index contributed by atoms with van der Waals surface area (Å²) in [4.78, 5) is 13.5. The largest absolute Gasteiger partial charge is 0.489 e. The number of rotatable bonds is 8. The van der Waals surface area contributed by atoms with Gasteiger partial charge in [0.05, 0.1) is 5.25 Å². The van der Waals surface area contributed by atoms with E-state index in [1.807, 2.05) is 49.4 Å². The van der Waals surface area contributed by atoms with Crippen molar-refractivity contribution >= 4 is 35.0 Å². The number of benzene rings is 2. The summed E-state index contributed by atoms with van der Waals surface area (Å²) in [5, 5.41) is 3.46. The maximum absolute atomic E-state index is 12.5. The lowest BCUT2D eigenvalue weighted by molar-refractivity contribution is -0.115. The summed E-state index contributed by atoms with van der Waals surface area (Å²) in [6, 6.07) is 14.9. The molecule has 126 valence electrons. The summed E-state index contributed by atoms with van der Waals surface area (Å²) in [6.45, 7) is 6.05. The number of hydrogen-bond acceptors (Lipinski definition) is 3. The zero-order valence-corrected chi connectivity index (χ0v) is 15.1. The fourth-order valence-corrected chi connectivity index (χ4v) is 3.12. The summed E-state index contributed by atoms with van der Waals surface area (Å²) in [6.07, 6.45) is 2.41. The number of nitrogens with one attached hydrogen (secondary N) is 1. The molecule has 5 heteroatoms. The van der Waals surface area contributed by atoms with E-state index in [4.69, 9.17) is 16.3 Å². The van der Waals surface area contributed by atoms with E-state index in [-0.39, 0.29) is 11.2 Å². The van der Waals surface area contributed by atoms with Crippen molar-refractivity contribution in [2.45, 2.75) is 23.5 Å². The molecule has 0 aliphatic carbocycles. The molecule has 24 heavy (non-hydrogen) atoms. The minimum absolute atomic E-state index is 0.0293. The molecule has 0 aliphatic heterocycles. The predicted molar refractivity (Wildman–Crippen MR) is 102 cm³/mol. The molecular weight excluding hydrogens is 342 g/mol. The Bertz CT molecular complexity index is 688. The minimum Gasteiger partial charge on any atom is -0.489 e. The van der Waals surface area contributed by atoms with Crippen LogP contribution in [0.15, 0.2) is 66.1 Å². The second-order valence-corrected chi connectivity index (χ2v) is 6.80. The zero-order valence-electron chi connectivity index (χ0n) is 13.5. The van der Waals surface area contributed by atoms with Crippen LogP contribution in [0.2, 0.25) is 5.02 Å². The summed E-state index contributed by atoms with van der Waals surface area (Å²) in [5.74, 6) is 0.671. The molecule has 0 radical (unpaired) electrons. The molecule has 1 atom stereocenters. The van der Waals surface area contributed by atoms with E-state index >= 15 is 0 Å². The molecule has 0 heterocycles. The molecule has 2 aromatic rings. The highest BCUT2D eigenvalue weighted by Crippen LogP contribution is 2.28. The highest BCUT2D eigenvalue weighted by Gasteiger charge is 2.18. The van der Waals surface area contributed by atoms with Gasteiger partial charge in [-0.2, -0.15) is 0 Å². The Balaban J connectivity index is 2.00. The number of carbonyl (C=O) groups excluding carboxylic acids is 1. The number of anilines is 1. The first kappa shape index (κ1) is 18.4. The Morgan fingerprint density at radius 2 is 2.08 bits per heavy atom. The Kier molecular flexibility index (Phi) is 7.22. The molecule has 0 spiro atoms. The molecule has 0 saturated heterocycles. The summed E-state index contributed by atoms with van der Waals surface area (Å²) >= 11 is 7.42. The molecule has 0 aromatic heterocycles. The van der Waals surface area contributed by atoms with E-state index in [9.17, 15) is 4.79 Å². The molecule has 1 amide bonds. The van der Waals surface area contributed by atoms with Crippen LogP contribution in [0.3, 0.4) is 0 Å². The number of thioether (sulfide) groups is 1. The van der Waals surface area contributed by atoms with E-state index in [2.05, 4.69) is 11.9 Å². The van der Waals surface area contributed by atoms with Crippen LogP contribution in [0, 0.1) is 0 Å². The van der Waals surface area contributed by atoms with E-state index in [0.717, 1.165) is 17.0 Å². The lowest BCUT2D eigenvalue weighted by Gasteiger charge is -2.15. The molecule has 2 rings (SSSR count). The average Bonchev–Trinajstić information content (AvgIpc) is 2.59. The van der Waals surface area contributed by atoms with E-state index in [1.165, 1.54) is 11.8 Å². The third-order valence-corrected chi connectivity index (χ3v) is 4.85. The molecule has 3 nitrogen and oxygen atoms in total. The fourth-order valence-electron chi connectivity index (χ4n) is 2.04. The molecule has 2 aromatic carbocycles. The molecular formula is C19H20ClNO2S. The number of hydrogen-bond donors (Lipinski definition) is 1. The van der Waals surface area contributed by atoms with Crippen molar-refractivity contribution < 1.29 is 9.53 Å². The van der Waals surface area contributed by atoms with Gasteiger partial charge in [-0.1, -0.05) is 37.2 Å². The van der Waals surface area contributed by atoms with Gasteiger partial charge in [-0.3, -0.25) is 4.79 Å². The second kappa shape index (κ2) is 9.40. The van der Waals surface area contributed by atoms with Crippen molar-refractivity contribution in [3.05, 3.63) is 66.2 Å². The number of carbonyl (C=O) groups is 1. The van der Waals surface area contributed by atoms with Gasteiger partial charge in [0.1, 0.15) is 12.4 Å². The van der Waals surface area contributed by atoms with Crippen molar-refractivity contribution in [3.8, 4) is 5.75 Å². The van der Waals surface area contributed by atoms with Crippen LogP contribution in [0.5, 0.6) is 5.75 Å². The van der Waals surface area contributed by atoms with E-state index in [1.54, 1.807) is 12.1 Å². The first-order valence-corrected chi connectivity index (χ1v) is 8.95. The highest BCUT2D eigenvalue weighted by molar-refractivity contribution is 8.00. The molecule has 1 N–H and O–H groups in total. The maximum atomic E-state index is 12.5. The van der Waals surface area contributed by atoms with Crippen molar-refractivity contribution in [1.82, 2.24) is 0 Å². The van der Waals surface area contributed by atoms with Crippen molar-refractivity contribution in [2.24, 2.45) is 0 Å². The van der Waals surface area contributed by atoms with Gasteiger partial charge in [-0.25, -0.2) is 0 Å². The number of halogens is 1. The molecule has 0 aliphatic rings. The van der Waals surface area contributed by atoms with Crippen LogP contribution in [0.4, 0.5) is 5.69 Å². The maximum Gasteiger partial charge on any atom is 0.237 e. The monoisotopic (exact) mass is 361 g/mol. The normalized spacial score (nSPS) is 11.6. The van der Waals surface area contributed by atoms with Gasteiger partial charge < -0.3 is 10.1 Å². The Hall–Kier alpha value is -1.91. The van der Waals surface area contributed by atoms with Crippen LogP contribution in [0.1, 0.15) is 13.3 Å². The third-order valence-electron chi connectivity index (χ3n) is 3.22. The van der Waals surface area contributed by atoms with Crippen LogP contribution >= 0.6 is 23.4 Å². The van der Waals surface area contributed by atoms with Gasteiger partial charge in [0.15, 0.2) is 0 Å². The van der Waals surface area contributed by atoms with Crippen molar-refractivity contribution in [2.75, 3.05) is 11.9 Å². The Morgan fingerprint density at radius 1 is 1.33 bits per heavy atom. The van der Waals surface area contributed by atoms with E-state index in [0.29, 0.717) is 17.4 Å². The van der Waals surface area contributed by atoms with Crippen LogP contribution in [-0.4, -0.2) is 17.8 Å². The van der Waals surface area contributed by atoms with Gasteiger partial charge in [0.25, 0.3) is 0 Å². The minimum atomic E-state index is -0.177. The average molecular weight is 362 g/mol. The SMILES string of the molecule is C=CCOc1cccc(NC(=O)[C@@H](CC)Sc2ccc(Cl)cc2)c1. The first-order valence-electron chi connectivity index (χ1n) is 7.69. The second-order valence-electron chi connectivity index (χ2n) is 5.09. The smallest absolute Gasteiger partial charge is 0.237 e. The van der Waals surface area contributed by atoms with E-state index < -0.39 is 0 Å². The lowest BCUT2D eigenvalue weighted by atomic mass is 10.2. The predicted octanol–water partition coefficient (Wildman–Crippen LogP) is 5.41. The van der Waals surface area contributed by atoms with Gasteiger partial charge in [0.2, 0.25) is 5.91 Å². The van der Waals surface area contributed by atoms with Crippen molar-refractivity contribution in [1.29, 1.82) is 0 Å². The Morgan fingerprint density at radius 3 is 2.75 bits per heavy atom. The molecule has 0 bridgehead atoms. The number of amides is 1. The van der Waals surface area contributed by atoms with Crippen molar-refractivity contribution in [3.63, 3.8) is 0 Å². The molecule has 0 unspecified atom stereocenters. The first-order chi connectivity index (χ1) is 11.6.